The number of halogens is 1. The molecule has 0 amide bonds. The zero-order chi connectivity index (χ0) is 9.97. The third-order valence-corrected chi connectivity index (χ3v) is 3.34. The lowest BCUT2D eigenvalue weighted by molar-refractivity contribution is -0.113. The summed E-state index contributed by atoms with van der Waals surface area (Å²) in [6.45, 7) is 0. The van der Waals surface area contributed by atoms with E-state index in [1.54, 1.807) is 0 Å². The third-order valence-electron chi connectivity index (χ3n) is 3.12. The molecule has 0 aromatic carbocycles. The molecule has 0 aromatic rings. The number of carbonyl (C=O) groups is 1. The number of rotatable bonds is 3. The van der Waals surface area contributed by atoms with E-state index in [2.05, 4.69) is 12.2 Å². The Morgan fingerprint density at radius 2 is 1.64 bits per heavy atom. The molecule has 1 nitrogen and oxygen atoms in total. The van der Waals surface area contributed by atoms with Crippen molar-refractivity contribution in [2.45, 2.75) is 38.5 Å². The lowest BCUT2D eigenvalue weighted by Crippen LogP contribution is -2.13. The Morgan fingerprint density at radius 3 is 1.93 bits per heavy atom. The zero-order valence-electron chi connectivity index (χ0n) is 8.26. The quantitative estimate of drug-likeness (QED) is 0.514. The highest BCUT2D eigenvalue weighted by Crippen LogP contribution is 2.36. The van der Waals surface area contributed by atoms with Gasteiger partial charge >= 0.3 is 0 Å². The largest absolute Gasteiger partial charge is 0.280 e. The van der Waals surface area contributed by atoms with Crippen molar-refractivity contribution in [2.24, 2.45) is 5.92 Å². The van der Waals surface area contributed by atoms with Crippen molar-refractivity contribution in [2.75, 3.05) is 0 Å². The van der Waals surface area contributed by atoms with Crippen LogP contribution in [0.1, 0.15) is 38.5 Å². The van der Waals surface area contributed by atoms with Crippen molar-refractivity contribution in [3.05, 3.63) is 23.3 Å². The first-order valence-corrected chi connectivity index (χ1v) is 5.74. The zero-order valence-corrected chi connectivity index (χ0v) is 9.02. The normalized spacial score (nSPS) is 21.3. The summed E-state index contributed by atoms with van der Waals surface area (Å²) in [5.41, 5.74) is 2.52. The summed E-state index contributed by atoms with van der Waals surface area (Å²) < 4.78 is 0. The molecule has 2 aliphatic rings. The summed E-state index contributed by atoms with van der Waals surface area (Å²) in [6.07, 6.45) is 11.1. The van der Waals surface area contributed by atoms with Crippen LogP contribution in [-0.4, -0.2) is 5.24 Å². The average molecular weight is 211 g/mol. The molecule has 0 atom stereocenters. The molecule has 0 radical (unpaired) electrons. The molecule has 0 aliphatic heterocycles. The Bertz CT molecular complexity index is 277. The highest BCUT2D eigenvalue weighted by Gasteiger charge is 2.27. The number of allylic oxidation sites excluding steroid dienone is 4. The summed E-state index contributed by atoms with van der Waals surface area (Å²) in [5, 5.41) is -0.189. The first-order valence-electron chi connectivity index (χ1n) is 5.36. The summed E-state index contributed by atoms with van der Waals surface area (Å²) >= 11 is 5.68. The fourth-order valence-electron chi connectivity index (χ4n) is 2.45. The van der Waals surface area contributed by atoms with Crippen LogP contribution >= 0.6 is 11.6 Å². The first-order chi connectivity index (χ1) is 6.79. The van der Waals surface area contributed by atoms with Gasteiger partial charge in [0.05, 0.1) is 5.92 Å². The van der Waals surface area contributed by atoms with E-state index in [0.717, 1.165) is 25.7 Å². The van der Waals surface area contributed by atoms with Gasteiger partial charge in [-0.1, -0.05) is 23.3 Å². The number of hydrogen-bond acceptors (Lipinski definition) is 1. The molecule has 0 N–H and O–H groups in total. The van der Waals surface area contributed by atoms with Crippen LogP contribution < -0.4 is 0 Å². The highest BCUT2D eigenvalue weighted by molar-refractivity contribution is 6.64. The molecular weight excluding hydrogens is 196 g/mol. The average Bonchev–Trinajstić information content (AvgIpc) is 2.75. The Labute approximate surface area is 89.8 Å². The van der Waals surface area contributed by atoms with Crippen molar-refractivity contribution in [3.8, 4) is 0 Å². The minimum absolute atomic E-state index is 0.0818. The molecule has 0 saturated carbocycles. The van der Waals surface area contributed by atoms with E-state index in [-0.39, 0.29) is 11.2 Å². The maximum absolute atomic E-state index is 11.4. The van der Waals surface area contributed by atoms with Crippen LogP contribution in [0.25, 0.3) is 0 Å². The summed E-state index contributed by atoms with van der Waals surface area (Å²) in [7, 11) is 0. The predicted octanol–water partition coefficient (Wildman–Crippen LogP) is 3.59. The van der Waals surface area contributed by atoms with Crippen LogP contribution in [0.5, 0.6) is 0 Å². The van der Waals surface area contributed by atoms with Gasteiger partial charge in [-0.15, -0.1) is 0 Å². The first kappa shape index (κ1) is 9.97. The molecule has 2 heteroatoms. The van der Waals surface area contributed by atoms with Gasteiger partial charge in [-0.05, 0) is 50.1 Å². The van der Waals surface area contributed by atoms with Crippen molar-refractivity contribution >= 4 is 16.8 Å². The maximum atomic E-state index is 11.4. The van der Waals surface area contributed by atoms with E-state index in [4.69, 9.17) is 11.6 Å². The molecule has 0 bridgehead atoms. The molecule has 0 heterocycles. The molecule has 2 aliphatic carbocycles. The van der Waals surface area contributed by atoms with Crippen LogP contribution in [-0.2, 0) is 4.79 Å². The SMILES string of the molecule is O=C(Cl)C(C1=CCCC1)C1=CCCC1. The lowest BCUT2D eigenvalue weighted by Gasteiger charge is -2.15. The van der Waals surface area contributed by atoms with E-state index in [9.17, 15) is 4.79 Å². The smallest absolute Gasteiger partial charge is 0.232 e. The molecule has 0 unspecified atom stereocenters. The number of carbonyl (C=O) groups excluding carboxylic acids is 1. The highest BCUT2D eigenvalue weighted by atomic mass is 35.5. The minimum atomic E-state index is -0.189. The van der Waals surface area contributed by atoms with Gasteiger partial charge in [0.2, 0.25) is 5.24 Å². The van der Waals surface area contributed by atoms with Crippen molar-refractivity contribution in [1.82, 2.24) is 0 Å². The number of hydrogen-bond donors (Lipinski definition) is 0. The van der Waals surface area contributed by atoms with Gasteiger partial charge in [0.1, 0.15) is 0 Å². The Morgan fingerprint density at radius 1 is 1.14 bits per heavy atom. The van der Waals surface area contributed by atoms with E-state index < -0.39 is 0 Å². The van der Waals surface area contributed by atoms with Gasteiger partial charge in [-0.2, -0.15) is 0 Å². The minimum Gasteiger partial charge on any atom is -0.280 e. The van der Waals surface area contributed by atoms with E-state index in [1.165, 1.54) is 24.0 Å². The molecule has 0 fully saturated rings. The molecular formula is C12H15ClO. The van der Waals surface area contributed by atoms with Gasteiger partial charge in [-0.3, -0.25) is 4.79 Å². The van der Waals surface area contributed by atoms with Crippen LogP contribution in [0.2, 0.25) is 0 Å². The lowest BCUT2D eigenvalue weighted by atomic mass is 9.91. The topological polar surface area (TPSA) is 17.1 Å². The van der Waals surface area contributed by atoms with E-state index in [1.807, 2.05) is 0 Å². The molecule has 0 saturated heterocycles. The predicted molar refractivity (Wildman–Crippen MR) is 58.2 cm³/mol. The van der Waals surface area contributed by atoms with Gasteiger partial charge in [0.25, 0.3) is 0 Å². The van der Waals surface area contributed by atoms with Crippen molar-refractivity contribution in [3.63, 3.8) is 0 Å². The van der Waals surface area contributed by atoms with Crippen LogP contribution in [0.3, 0.4) is 0 Å². The van der Waals surface area contributed by atoms with Gasteiger partial charge < -0.3 is 0 Å². The summed E-state index contributed by atoms with van der Waals surface area (Å²) in [6, 6.07) is 0. The Balaban J connectivity index is 2.18. The summed E-state index contributed by atoms with van der Waals surface area (Å²) in [4.78, 5) is 11.4. The fraction of sp³-hybridized carbons (Fsp3) is 0.583. The third kappa shape index (κ3) is 1.93. The summed E-state index contributed by atoms with van der Waals surface area (Å²) in [5.74, 6) is -0.0818. The van der Waals surface area contributed by atoms with Gasteiger partial charge in [0, 0.05) is 0 Å². The molecule has 0 spiro atoms. The molecule has 14 heavy (non-hydrogen) atoms. The molecule has 2 rings (SSSR count). The maximum Gasteiger partial charge on any atom is 0.232 e. The second kappa shape index (κ2) is 4.31. The standard InChI is InChI=1S/C12H15ClO/c13-12(14)11(9-5-1-2-6-9)10-7-3-4-8-10/h5,7,11H,1-4,6,8H2. The van der Waals surface area contributed by atoms with E-state index in [0.29, 0.717) is 0 Å². The monoisotopic (exact) mass is 210 g/mol. The molecule has 0 aromatic heterocycles. The van der Waals surface area contributed by atoms with Crippen molar-refractivity contribution in [1.29, 1.82) is 0 Å². The van der Waals surface area contributed by atoms with Crippen molar-refractivity contribution < 1.29 is 4.79 Å². The second-order valence-corrected chi connectivity index (χ2v) is 4.45. The van der Waals surface area contributed by atoms with Crippen LogP contribution in [0.15, 0.2) is 23.3 Å². The van der Waals surface area contributed by atoms with Crippen LogP contribution in [0.4, 0.5) is 0 Å². The second-order valence-electron chi connectivity index (χ2n) is 4.08. The Kier molecular flexibility index (Phi) is 3.07. The van der Waals surface area contributed by atoms with Gasteiger partial charge in [-0.25, -0.2) is 0 Å². The molecule has 76 valence electrons. The Hall–Kier alpha value is -0.560. The van der Waals surface area contributed by atoms with Crippen LogP contribution in [0, 0.1) is 5.92 Å². The fourth-order valence-corrected chi connectivity index (χ4v) is 2.73. The van der Waals surface area contributed by atoms with Gasteiger partial charge in [0.15, 0.2) is 0 Å². The van der Waals surface area contributed by atoms with E-state index >= 15 is 0 Å².